The van der Waals surface area contributed by atoms with Crippen LogP contribution < -0.4 is 5.32 Å². The predicted octanol–water partition coefficient (Wildman–Crippen LogP) is 3.89. The number of aromatic nitrogens is 3. The number of likely N-dealkylation sites (tertiary alicyclic amines) is 1. The summed E-state index contributed by atoms with van der Waals surface area (Å²) in [6.07, 6.45) is 5.03. The minimum absolute atomic E-state index is 0.0725. The van der Waals surface area contributed by atoms with E-state index in [0.29, 0.717) is 19.4 Å². The fraction of sp³-hybridized carbons (Fsp3) is 0.480. The van der Waals surface area contributed by atoms with Gasteiger partial charge in [-0.3, -0.25) is 9.69 Å². The molecule has 1 aromatic carbocycles. The Hall–Kier alpha value is -2.73. The van der Waals surface area contributed by atoms with Crippen molar-refractivity contribution < 1.29 is 4.79 Å². The fourth-order valence-corrected chi connectivity index (χ4v) is 4.57. The van der Waals surface area contributed by atoms with Crippen molar-refractivity contribution in [1.82, 2.24) is 24.8 Å². The number of rotatable bonds is 7. The molecule has 6 heteroatoms. The maximum Gasteiger partial charge on any atom is 0.220 e. The van der Waals surface area contributed by atoms with Crippen LogP contribution in [0.1, 0.15) is 59.5 Å². The average Bonchev–Trinajstić information content (AvgIpc) is 3.14. The third kappa shape index (κ3) is 5.13. The Morgan fingerprint density at radius 2 is 1.81 bits per heavy atom. The maximum absolute atomic E-state index is 12.6. The molecule has 0 spiro atoms. The van der Waals surface area contributed by atoms with Gasteiger partial charge in [0, 0.05) is 37.0 Å². The Labute approximate surface area is 184 Å². The Morgan fingerprint density at radius 1 is 1.06 bits per heavy atom. The van der Waals surface area contributed by atoms with Crippen LogP contribution in [0.4, 0.5) is 0 Å². The van der Waals surface area contributed by atoms with Crippen LogP contribution in [0.15, 0.2) is 30.3 Å². The predicted molar refractivity (Wildman–Crippen MR) is 123 cm³/mol. The lowest BCUT2D eigenvalue weighted by atomic mass is 10.0. The second-order valence-corrected chi connectivity index (χ2v) is 8.70. The van der Waals surface area contributed by atoms with Crippen LogP contribution in [0.3, 0.4) is 0 Å². The molecule has 0 atom stereocenters. The van der Waals surface area contributed by atoms with Gasteiger partial charge < -0.3 is 5.32 Å². The summed E-state index contributed by atoms with van der Waals surface area (Å²) >= 11 is 0. The molecule has 1 amide bonds. The first-order valence-corrected chi connectivity index (χ1v) is 11.4. The number of carbonyl (C=O) groups excluding carboxylic acids is 1. The number of nitrogens with one attached hydrogen (secondary N) is 1. The van der Waals surface area contributed by atoms with E-state index in [1.807, 2.05) is 24.4 Å². The molecular formula is C25H33N5O. The number of hydrogen-bond donors (Lipinski definition) is 1. The quantitative estimate of drug-likeness (QED) is 0.631. The van der Waals surface area contributed by atoms with Crippen molar-refractivity contribution in [3.05, 3.63) is 64.1 Å². The fourth-order valence-electron chi connectivity index (χ4n) is 4.57. The van der Waals surface area contributed by atoms with Crippen LogP contribution in [0, 0.1) is 20.8 Å². The van der Waals surface area contributed by atoms with Gasteiger partial charge in [-0.25, -0.2) is 9.50 Å². The number of aryl methyl sites for hydroxylation is 3. The number of benzene rings is 1. The van der Waals surface area contributed by atoms with Gasteiger partial charge >= 0.3 is 0 Å². The largest absolute Gasteiger partial charge is 0.352 e. The number of nitrogens with zero attached hydrogens (tertiary/aromatic N) is 4. The van der Waals surface area contributed by atoms with Crippen molar-refractivity contribution in [3.63, 3.8) is 0 Å². The van der Waals surface area contributed by atoms with Crippen molar-refractivity contribution in [2.24, 2.45) is 0 Å². The first kappa shape index (κ1) is 21.5. The van der Waals surface area contributed by atoms with Crippen molar-refractivity contribution >= 4 is 11.6 Å². The highest BCUT2D eigenvalue weighted by atomic mass is 16.1. The minimum Gasteiger partial charge on any atom is -0.352 e. The third-order valence-corrected chi connectivity index (χ3v) is 6.33. The number of carbonyl (C=O) groups is 1. The van der Waals surface area contributed by atoms with Crippen molar-refractivity contribution in [2.45, 2.75) is 66.0 Å². The molecule has 4 rings (SSSR count). The molecule has 3 aromatic rings. The van der Waals surface area contributed by atoms with E-state index >= 15 is 0 Å². The van der Waals surface area contributed by atoms with Crippen LogP contribution in [0.2, 0.25) is 0 Å². The molecule has 1 aliphatic heterocycles. The Morgan fingerprint density at radius 3 is 2.58 bits per heavy atom. The van der Waals surface area contributed by atoms with Gasteiger partial charge in [-0.1, -0.05) is 30.7 Å². The van der Waals surface area contributed by atoms with E-state index < -0.39 is 0 Å². The Balaban J connectivity index is 1.36. The Bertz CT molecular complexity index is 1070. The summed E-state index contributed by atoms with van der Waals surface area (Å²) in [6, 6.07) is 10.5. The van der Waals surface area contributed by atoms with Gasteiger partial charge in [0.05, 0.1) is 5.69 Å². The average molecular weight is 420 g/mol. The normalized spacial score (nSPS) is 14.8. The van der Waals surface area contributed by atoms with Gasteiger partial charge in [-0.05, 0) is 69.8 Å². The summed E-state index contributed by atoms with van der Waals surface area (Å²) in [5.41, 5.74) is 7.50. The lowest BCUT2D eigenvalue weighted by molar-refractivity contribution is -0.121. The summed E-state index contributed by atoms with van der Waals surface area (Å²) in [5, 5.41) is 7.65. The van der Waals surface area contributed by atoms with E-state index in [1.54, 1.807) is 0 Å². The molecule has 6 nitrogen and oxygen atoms in total. The second kappa shape index (κ2) is 9.60. The van der Waals surface area contributed by atoms with Gasteiger partial charge in [-0.15, -0.1) is 0 Å². The maximum atomic E-state index is 12.6. The molecule has 0 unspecified atom stereocenters. The van der Waals surface area contributed by atoms with E-state index in [1.165, 1.54) is 43.5 Å². The lowest BCUT2D eigenvalue weighted by Crippen LogP contribution is -2.30. The molecule has 0 aliphatic carbocycles. The summed E-state index contributed by atoms with van der Waals surface area (Å²) in [7, 11) is 0. The van der Waals surface area contributed by atoms with Crippen LogP contribution in [0.25, 0.3) is 5.65 Å². The van der Waals surface area contributed by atoms with Gasteiger partial charge in [0.1, 0.15) is 0 Å². The van der Waals surface area contributed by atoms with Crippen molar-refractivity contribution in [3.8, 4) is 0 Å². The van der Waals surface area contributed by atoms with E-state index in [9.17, 15) is 4.79 Å². The minimum atomic E-state index is 0.0725. The van der Waals surface area contributed by atoms with Crippen LogP contribution in [-0.4, -0.2) is 38.5 Å². The summed E-state index contributed by atoms with van der Waals surface area (Å²) in [6.45, 7) is 9.94. The highest BCUT2D eigenvalue weighted by Gasteiger charge is 2.15. The van der Waals surface area contributed by atoms with Crippen LogP contribution in [0.5, 0.6) is 0 Å². The van der Waals surface area contributed by atoms with Crippen LogP contribution in [-0.2, 0) is 24.3 Å². The molecule has 0 radical (unpaired) electrons. The van der Waals surface area contributed by atoms with E-state index in [-0.39, 0.29) is 5.91 Å². The molecule has 3 heterocycles. The van der Waals surface area contributed by atoms with Gasteiger partial charge in [0.2, 0.25) is 5.91 Å². The molecule has 164 valence electrons. The smallest absolute Gasteiger partial charge is 0.220 e. The van der Waals surface area contributed by atoms with Crippen molar-refractivity contribution in [2.75, 3.05) is 13.1 Å². The molecule has 0 bridgehead atoms. The zero-order valence-electron chi connectivity index (χ0n) is 18.9. The molecule has 1 saturated heterocycles. The van der Waals surface area contributed by atoms with E-state index in [0.717, 1.165) is 34.8 Å². The van der Waals surface area contributed by atoms with E-state index in [4.69, 9.17) is 0 Å². The second-order valence-electron chi connectivity index (χ2n) is 8.70. The highest BCUT2D eigenvalue weighted by Crippen LogP contribution is 2.18. The third-order valence-electron chi connectivity index (χ3n) is 6.33. The number of fused-ring (bicyclic) bond motifs is 1. The zero-order valence-corrected chi connectivity index (χ0v) is 18.9. The Kier molecular flexibility index (Phi) is 6.66. The molecular weight excluding hydrogens is 386 g/mol. The standard InChI is InChI=1S/C25H33N5O/c1-18-15-24-27-19(2)23(20(3)30(24)28-18)11-12-25(31)26-16-21-9-5-6-10-22(21)17-29-13-7-4-8-14-29/h5-6,9-10,15H,4,7-8,11-14,16-17H2,1-3H3,(H,26,31). The number of amides is 1. The lowest BCUT2D eigenvalue weighted by Gasteiger charge is -2.27. The van der Waals surface area contributed by atoms with Crippen molar-refractivity contribution in [1.29, 1.82) is 0 Å². The number of hydrogen-bond acceptors (Lipinski definition) is 4. The molecule has 31 heavy (non-hydrogen) atoms. The van der Waals surface area contributed by atoms with Gasteiger partial charge in [0.25, 0.3) is 0 Å². The molecule has 2 aromatic heterocycles. The van der Waals surface area contributed by atoms with Gasteiger partial charge in [-0.2, -0.15) is 5.10 Å². The SMILES string of the molecule is Cc1cc2nc(C)c(CCC(=O)NCc3ccccc3CN3CCCCC3)c(C)n2n1. The molecule has 1 fully saturated rings. The summed E-state index contributed by atoms with van der Waals surface area (Å²) < 4.78 is 1.88. The zero-order chi connectivity index (χ0) is 21.8. The summed E-state index contributed by atoms with van der Waals surface area (Å²) in [5.74, 6) is 0.0725. The van der Waals surface area contributed by atoms with Gasteiger partial charge in [0.15, 0.2) is 5.65 Å². The first-order valence-electron chi connectivity index (χ1n) is 11.4. The number of piperidine rings is 1. The molecule has 1 N–H and O–H groups in total. The molecule has 1 aliphatic rings. The van der Waals surface area contributed by atoms with E-state index in [2.05, 4.69) is 51.5 Å². The molecule has 0 saturated carbocycles. The topological polar surface area (TPSA) is 62.5 Å². The van der Waals surface area contributed by atoms with Crippen LogP contribution >= 0.6 is 0 Å². The highest BCUT2D eigenvalue weighted by molar-refractivity contribution is 5.76. The summed E-state index contributed by atoms with van der Waals surface area (Å²) in [4.78, 5) is 19.8. The first-order chi connectivity index (χ1) is 15.0. The monoisotopic (exact) mass is 419 g/mol.